The highest BCUT2D eigenvalue weighted by molar-refractivity contribution is 9.10. The van der Waals surface area contributed by atoms with E-state index in [1.54, 1.807) is 16.6 Å². The zero-order valence-corrected chi connectivity index (χ0v) is 14.3. The number of hydrogen-bond acceptors (Lipinski definition) is 3. The molecule has 0 saturated heterocycles. The second kappa shape index (κ2) is 6.43. The van der Waals surface area contributed by atoms with E-state index in [0.717, 1.165) is 22.4 Å². The van der Waals surface area contributed by atoms with Crippen molar-refractivity contribution < 1.29 is 4.79 Å². The molecule has 2 heterocycles. The van der Waals surface area contributed by atoms with Gasteiger partial charge in [-0.25, -0.2) is 0 Å². The van der Waals surface area contributed by atoms with Gasteiger partial charge in [0, 0.05) is 26.0 Å². The van der Waals surface area contributed by atoms with Gasteiger partial charge in [0.15, 0.2) is 0 Å². The van der Waals surface area contributed by atoms with Gasteiger partial charge in [0.25, 0.3) is 0 Å². The molecule has 7 heteroatoms. The van der Waals surface area contributed by atoms with Crippen molar-refractivity contribution >= 4 is 21.8 Å². The van der Waals surface area contributed by atoms with E-state index in [0.29, 0.717) is 6.54 Å². The molecule has 0 N–H and O–H groups in total. The van der Waals surface area contributed by atoms with Gasteiger partial charge < -0.3 is 4.90 Å². The summed E-state index contributed by atoms with van der Waals surface area (Å²) in [7, 11) is 1.79. The molecular formula is C14H20BrN5O. The maximum absolute atomic E-state index is 12.5. The van der Waals surface area contributed by atoms with Gasteiger partial charge in [0.1, 0.15) is 6.04 Å². The highest BCUT2D eigenvalue weighted by Crippen LogP contribution is 2.18. The number of carbonyl (C=O) groups is 1. The minimum absolute atomic E-state index is 0.0102. The van der Waals surface area contributed by atoms with Crippen molar-refractivity contribution in [2.24, 2.45) is 0 Å². The number of carbonyl (C=O) groups excluding carboxylic acids is 1. The summed E-state index contributed by atoms with van der Waals surface area (Å²) in [5, 5.41) is 8.73. The number of halogens is 1. The number of aromatic nitrogens is 4. The first-order valence-electron chi connectivity index (χ1n) is 6.91. The van der Waals surface area contributed by atoms with E-state index in [1.165, 1.54) is 0 Å². The molecule has 1 amide bonds. The average molecular weight is 354 g/mol. The molecule has 21 heavy (non-hydrogen) atoms. The van der Waals surface area contributed by atoms with Crippen LogP contribution in [0.1, 0.15) is 31.3 Å². The molecule has 114 valence electrons. The van der Waals surface area contributed by atoms with E-state index in [1.807, 2.05) is 43.9 Å². The summed E-state index contributed by atoms with van der Waals surface area (Å²) in [4.78, 5) is 14.1. The van der Waals surface area contributed by atoms with Crippen LogP contribution in [-0.4, -0.2) is 37.4 Å². The van der Waals surface area contributed by atoms with Gasteiger partial charge in [-0.3, -0.25) is 14.2 Å². The Kier molecular flexibility index (Phi) is 4.82. The van der Waals surface area contributed by atoms with Crippen LogP contribution in [0.15, 0.2) is 22.9 Å². The summed E-state index contributed by atoms with van der Waals surface area (Å²) in [5.74, 6) is 0.0102. The second-order valence-electron chi connectivity index (χ2n) is 5.08. The zero-order valence-electron chi connectivity index (χ0n) is 12.7. The Morgan fingerprint density at radius 3 is 2.71 bits per heavy atom. The smallest absolute Gasteiger partial charge is 0.247 e. The quantitative estimate of drug-likeness (QED) is 0.829. The maximum atomic E-state index is 12.5. The third-order valence-corrected chi connectivity index (χ3v) is 4.18. The molecule has 0 fully saturated rings. The lowest BCUT2D eigenvalue weighted by atomic mass is 10.3. The summed E-state index contributed by atoms with van der Waals surface area (Å²) in [6, 6.07) is 1.60. The van der Waals surface area contributed by atoms with E-state index in [4.69, 9.17) is 0 Å². The van der Waals surface area contributed by atoms with Crippen LogP contribution in [0.4, 0.5) is 0 Å². The molecule has 0 aliphatic carbocycles. The van der Waals surface area contributed by atoms with Crippen molar-refractivity contribution in [2.75, 3.05) is 7.05 Å². The molecule has 0 spiro atoms. The molecule has 0 aromatic carbocycles. The number of amides is 1. The van der Waals surface area contributed by atoms with Crippen LogP contribution in [0, 0.1) is 6.92 Å². The van der Waals surface area contributed by atoms with Crippen LogP contribution in [0.5, 0.6) is 0 Å². The van der Waals surface area contributed by atoms with Gasteiger partial charge >= 0.3 is 0 Å². The Morgan fingerprint density at radius 1 is 1.48 bits per heavy atom. The van der Waals surface area contributed by atoms with Gasteiger partial charge in [-0.2, -0.15) is 10.2 Å². The van der Waals surface area contributed by atoms with E-state index in [2.05, 4.69) is 26.1 Å². The Balaban J connectivity index is 2.04. The summed E-state index contributed by atoms with van der Waals surface area (Å²) in [6.07, 6.45) is 3.75. The molecule has 0 radical (unpaired) electrons. The molecule has 2 rings (SSSR count). The Bertz CT molecular complexity index is 614. The number of nitrogens with zero attached hydrogens (tertiary/aromatic N) is 5. The molecule has 6 nitrogen and oxygen atoms in total. The number of rotatable bonds is 5. The molecule has 1 unspecified atom stereocenters. The Morgan fingerprint density at radius 2 is 2.19 bits per heavy atom. The normalized spacial score (nSPS) is 12.4. The first kappa shape index (κ1) is 15.8. The lowest BCUT2D eigenvalue weighted by Gasteiger charge is -2.20. The third kappa shape index (κ3) is 3.53. The van der Waals surface area contributed by atoms with Gasteiger partial charge in [-0.05, 0) is 42.8 Å². The van der Waals surface area contributed by atoms with Crippen molar-refractivity contribution in [1.82, 2.24) is 24.5 Å². The van der Waals surface area contributed by atoms with Crippen LogP contribution < -0.4 is 0 Å². The van der Waals surface area contributed by atoms with Crippen LogP contribution in [0.2, 0.25) is 0 Å². The van der Waals surface area contributed by atoms with Crippen molar-refractivity contribution in [3.8, 4) is 0 Å². The van der Waals surface area contributed by atoms with Gasteiger partial charge in [-0.1, -0.05) is 0 Å². The maximum Gasteiger partial charge on any atom is 0.247 e. The summed E-state index contributed by atoms with van der Waals surface area (Å²) in [6.45, 7) is 7.11. The van der Waals surface area contributed by atoms with Gasteiger partial charge in [-0.15, -0.1) is 0 Å². The molecular weight excluding hydrogens is 334 g/mol. The second-order valence-corrected chi connectivity index (χ2v) is 5.93. The summed E-state index contributed by atoms with van der Waals surface area (Å²) < 4.78 is 4.44. The third-order valence-electron chi connectivity index (χ3n) is 3.41. The Hall–Kier alpha value is -1.63. The van der Waals surface area contributed by atoms with Crippen molar-refractivity contribution in [2.45, 2.75) is 39.9 Å². The summed E-state index contributed by atoms with van der Waals surface area (Å²) in [5.41, 5.74) is 1.76. The van der Waals surface area contributed by atoms with Crippen LogP contribution >= 0.6 is 15.9 Å². The highest BCUT2D eigenvalue weighted by atomic mass is 79.9. The largest absolute Gasteiger partial charge is 0.338 e. The summed E-state index contributed by atoms with van der Waals surface area (Å²) >= 11 is 3.41. The fraction of sp³-hybridized carbons (Fsp3) is 0.500. The molecule has 0 aliphatic heterocycles. The standard InChI is InChI=1S/C14H20BrN5O/c1-5-19-7-6-12(17-19)8-18(4)14(21)11(3)20-9-13(15)10(2)16-20/h6-7,9,11H,5,8H2,1-4H3. The minimum Gasteiger partial charge on any atom is -0.338 e. The molecule has 1 atom stereocenters. The zero-order chi connectivity index (χ0) is 15.6. The van der Waals surface area contributed by atoms with E-state index < -0.39 is 0 Å². The first-order valence-corrected chi connectivity index (χ1v) is 7.70. The highest BCUT2D eigenvalue weighted by Gasteiger charge is 2.21. The predicted molar refractivity (Wildman–Crippen MR) is 83.8 cm³/mol. The number of hydrogen-bond donors (Lipinski definition) is 0. The van der Waals surface area contributed by atoms with E-state index in [-0.39, 0.29) is 11.9 Å². The molecule has 0 saturated carbocycles. The SMILES string of the molecule is CCn1ccc(CN(C)C(=O)C(C)n2cc(Br)c(C)n2)n1. The van der Waals surface area contributed by atoms with Crippen molar-refractivity contribution in [1.29, 1.82) is 0 Å². The first-order chi connectivity index (χ1) is 9.92. The van der Waals surface area contributed by atoms with Crippen LogP contribution in [0.25, 0.3) is 0 Å². The average Bonchev–Trinajstić information content (AvgIpc) is 3.04. The molecule has 0 bridgehead atoms. The number of aryl methyl sites for hydroxylation is 2. The topological polar surface area (TPSA) is 56.0 Å². The molecule has 2 aromatic heterocycles. The monoisotopic (exact) mass is 353 g/mol. The van der Waals surface area contributed by atoms with Gasteiger partial charge in [0.05, 0.1) is 22.4 Å². The molecule has 0 aliphatic rings. The molecule has 2 aromatic rings. The lowest BCUT2D eigenvalue weighted by molar-refractivity contribution is -0.133. The Labute approximate surface area is 132 Å². The fourth-order valence-electron chi connectivity index (χ4n) is 2.07. The fourth-order valence-corrected chi connectivity index (χ4v) is 2.36. The van der Waals surface area contributed by atoms with Crippen LogP contribution in [0.3, 0.4) is 0 Å². The van der Waals surface area contributed by atoms with Gasteiger partial charge in [0.2, 0.25) is 5.91 Å². The lowest BCUT2D eigenvalue weighted by Crippen LogP contribution is -2.33. The van der Waals surface area contributed by atoms with Crippen molar-refractivity contribution in [3.63, 3.8) is 0 Å². The predicted octanol–water partition coefficient (Wildman–Crippen LogP) is 2.39. The minimum atomic E-state index is -0.340. The van der Waals surface area contributed by atoms with Crippen molar-refractivity contribution in [3.05, 3.63) is 34.3 Å². The van der Waals surface area contributed by atoms with E-state index >= 15 is 0 Å². The van der Waals surface area contributed by atoms with E-state index in [9.17, 15) is 4.79 Å². The van der Waals surface area contributed by atoms with Crippen LogP contribution in [-0.2, 0) is 17.9 Å². The number of likely N-dealkylation sites (N-methyl/N-ethyl adjacent to an activating group) is 1.